The van der Waals surface area contributed by atoms with Crippen molar-refractivity contribution in [2.75, 3.05) is 18.5 Å². The summed E-state index contributed by atoms with van der Waals surface area (Å²) in [5, 5.41) is 13.6. The third kappa shape index (κ3) is 3.82. The molecule has 0 fully saturated rings. The molecule has 0 aliphatic carbocycles. The highest BCUT2D eigenvalue weighted by molar-refractivity contribution is 5.94. The maximum absolute atomic E-state index is 11.9. The van der Waals surface area contributed by atoms with Gasteiger partial charge in [-0.05, 0) is 13.8 Å². The highest BCUT2D eigenvalue weighted by atomic mass is 16.6. The summed E-state index contributed by atoms with van der Waals surface area (Å²) < 4.78 is 10.7. The summed E-state index contributed by atoms with van der Waals surface area (Å²) in [6, 6.07) is 2.64. The van der Waals surface area contributed by atoms with Crippen molar-refractivity contribution in [3.05, 3.63) is 22.2 Å². The molecule has 0 aromatic heterocycles. The molecule has 1 aliphatic heterocycles. The minimum absolute atomic E-state index is 0.0403. The number of nitrogens with zero attached hydrogens (tertiary/aromatic N) is 1. The van der Waals surface area contributed by atoms with Gasteiger partial charge in [-0.2, -0.15) is 0 Å². The molecule has 0 spiro atoms. The summed E-state index contributed by atoms with van der Waals surface area (Å²) in [6.45, 7) is 4.08. The highest BCUT2D eigenvalue weighted by Gasteiger charge is 2.25. The Bertz CT molecular complexity index is 580. The minimum Gasteiger partial charge on any atom is -0.486 e. The van der Waals surface area contributed by atoms with E-state index < -0.39 is 16.4 Å². The molecule has 0 saturated heterocycles. The number of hydrogen-bond donors (Lipinski definition) is 2. The number of nitro benzene ring substituents is 1. The van der Waals surface area contributed by atoms with Crippen molar-refractivity contribution in [2.45, 2.75) is 25.8 Å². The Hall–Kier alpha value is -2.35. The largest absolute Gasteiger partial charge is 0.486 e. The molecule has 3 N–H and O–H groups in total. The van der Waals surface area contributed by atoms with Gasteiger partial charge in [-0.3, -0.25) is 14.9 Å². The molecule has 1 amide bonds. The van der Waals surface area contributed by atoms with Crippen LogP contribution in [0.5, 0.6) is 11.5 Å². The van der Waals surface area contributed by atoms with E-state index in [1.165, 1.54) is 12.1 Å². The summed E-state index contributed by atoms with van der Waals surface area (Å²) >= 11 is 0. The zero-order valence-corrected chi connectivity index (χ0v) is 11.8. The smallest absolute Gasteiger partial charge is 0.296 e. The van der Waals surface area contributed by atoms with Gasteiger partial charge in [0.15, 0.2) is 11.5 Å². The van der Waals surface area contributed by atoms with Gasteiger partial charge >= 0.3 is 0 Å². The Labute approximate surface area is 121 Å². The summed E-state index contributed by atoms with van der Waals surface area (Å²) in [5.41, 5.74) is 4.88. The van der Waals surface area contributed by atoms with Crippen LogP contribution in [0.25, 0.3) is 0 Å². The van der Waals surface area contributed by atoms with E-state index in [1.807, 2.05) is 0 Å². The first-order chi connectivity index (χ1) is 9.76. The fourth-order valence-electron chi connectivity index (χ4n) is 1.94. The molecule has 1 aliphatic rings. The maximum atomic E-state index is 11.9. The Morgan fingerprint density at radius 2 is 1.95 bits per heavy atom. The minimum atomic E-state index is -0.702. The van der Waals surface area contributed by atoms with Gasteiger partial charge in [0.2, 0.25) is 5.91 Å². The normalized spacial score (nSPS) is 13.7. The topological polar surface area (TPSA) is 117 Å². The number of nitrogens with two attached hydrogens (primary N) is 1. The number of anilines is 1. The number of fused-ring (bicyclic) bond motifs is 1. The molecule has 1 aromatic rings. The molecular weight excluding hydrogens is 278 g/mol. The van der Waals surface area contributed by atoms with Crippen molar-refractivity contribution in [1.29, 1.82) is 0 Å². The molecule has 0 saturated carbocycles. The first-order valence-corrected chi connectivity index (χ1v) is 6.43. The van der Waals surface area contributed by atoms with Crippen molar-refractivity contribution in [2.24, 2.45) is 5.73 Å². The molecule has 8 heteroatoms. The highest BCUT2D eigenvalue weighted by Crippen LogP contribution is 2.39. The van der Waals surface area contributed by atoms with Gasteiger partial charge in [0.25, 0.3) is 5.69 Å². The quantitative estimate of drug-likeness (QED) is 0.641. The fraction of sp³-hybridized carbons (Fsp3) is 0.462. The SMILES string of the molecule is CC(C)(N)CC(=O)Nc1cc2c(cc1[N+](=O)[O-])OCCO2. The van der Waals surface area contributed by atoms with Crippen LogP contribution in [-0.4, -0.2) is 29.6 Å². The number of hydrogen-bond acceptors (Lipinski definition) is 6. The van der Waals surface area contributed by atoms with Crippen LogP contribution < -0.4 is 20.5 Å². The summed E-state index contributed by atoms with van der Waals surface area (Å²) in [6.07, 6.45) is 0.0403. The number of ether oxygens (including phenoxy) is 2. The summed E-state index contributed by atoms with van der Waals surface area (Å²) in [5.74, 6) is 0.265. The lowest BCUT2D eigenvalue weighted by Crippen LogP contribution is -2.36. The van der Waals surface area contributed by atoms with Crippen LogP contribution in [0.3, 0.4) is 0 Å². The van der Waals surface area contributed by atoms with Crippen LogP contribution in [0.2, 0.25) is 0 Å². The van der Waals surface area contributed by atoms with Crippen LogP contribution in [-0.2, 0) is 4.79 Å². The summed E-state index contributed by atoms with van der Waals surface area (Å²) in [4.78, 5) is 22.4. The molecule has 0 atom stereocenters. The molecule has 1 heterocycles. The maximum Gasteiger partial charge on any atom is 0.296 e. The van der Waals surface area contributed by atoms with Gasteiger partial charge < -0.3 is 20.5 Å². The van der Waals surface area contributed by atoms with E-state index in [-0.39, 0.29) is 17.8 Å². The van der Waals surface area contributed by atoms with Crippen LogP contribution in [0.4, 0.5) is 11.4 Å². The zero-order valence-electron chi connectivity index (χ0n) is 11.8. The monoisotopic (exact) mass is 295 g/mol. The fourth-order valence-corrected chi connectivity index (χ4v) is 1.94. The van der Waals surface area contributed by atoms with Crippen LogP contribution in [0.1, 0.15) is 20.3 Å². The zero-order chi connectivity index (χ0) is 15.6. The van der Waals surface area contributed by atoms with Crippen LogP contribution in [0.15, 0.2) is 12.1 Å². The lowest BCUT2D eigenvalue weighted by atomic mass is 10.0. The molecule has 21 heavy (non-hydrogen) atoms. The molecule has 1 aromatic carbocycles. The second-order valence-corrected chi connectivity index (χ2v) is 5.48. The van der Waals surface area contributed by atoms with Gasteiger partial charge in [0.1, 0.15) is 18.9 Å². The van der Waals surface area contributed by atoms with Gasteiger partial charge in [-0.25, -0.2) is 0 Å². The van der Waals surface area contributed by atoms with Crippen molar-refractivity contribution < 1.29 is 19.2 Å². The van der Waals surface area contributed by atoms with E-state index in [0.29, 0.717) is 24.7 Å². The van der Waals surface area contributed by atoms with Crippen molar-refractivity contribution >= 4 is 17.3 Å². The number of benzene rings is 1. The molecular formula is C13H17N3O5. The van der Waals surface area contributed by atoms with Gasteiger partial charge in [0, 0.05) is 18.0 Å². The third-order valence-corrected chi connectivity index (χ3v) is 2.75. The number of amides is 1. The Balaban J connectivity index is 2.29. The van der Waals surface area contributed by atoms with E-state index in [9.17, 15) is 14.9 Å². The predicted molar refractivity (Wildman–Crippen MR) is 75.6 cm³/mol. The lowest BCUT2D eigenvalue weighted by molar-refractivity contribution is -0.384. The number of rotatable bonds is 4. The third-order valence-electron chi connectivity index (χ3n) is 2.75. The molecule has 114 valence electrons. The Morgan fingerprint density at radius 1 is 1.38 bits per heavy atom. The lowest BCUT2D eigenvalue weighted by Gasteiger charge is -2.20. The molecule has 0 bridgehead atoms. The second kappa shape index (κ2) is 5.57. The van der Waals surface area contributed by atoms with Gasteiger partial charge in [-0.1, -0.05) is 0 Å². The van der Waals surface area contributed by atoms with E-state index in [2.05, 4.69) is 5.32 Å². The molecule has 8 nitrogen and oxygen atoms in total. The van der Waals surface area contributed by atoms with E-state index in [0.717, 1.165) is 0 Å². The van der Waals surface area contributed by atoms with Crippen molar-refractivity contribution in [3.8, 4) is 11.5 Å². The first kappa shape index (κ1) is 15.0. The Morgan fingerprint density at radius 3 is 2.48 bits per heavy atom. The van der Waals surface area contributed by atoms with Crippen molar-refractivity contribution in [1.82, 2.24) is 0 Å². The number of nitrogens with one attached hydrogen (secondary N) is 1. The number of carbonyl (C=O) groups excluding carboxylic acids is 1. The van der Waals surface area contributed by atoms with Gasteiger partial charge in [0.05, 0.1) is 11.0 Å². The van der Waals surface area contributed by atoms with Crippen LogP contribution in [0, 0.1) is 10.1 Å². The molecule has 0 radical (unpaired) electrons. The average Bonchev–Trinajstić information content (AvgIpc) is 2.35. The van der Waals surface area contributed by atoms with Crippen LogP contribution >= 0.6 is 0 Å². The van der Waals surface area contributed by atoms with Gasteiger partial charge in [-0.15, -0.1) is 0 Å². The van der Waals surface area contributed by atoms with E-state index >= 15 is 0 Å². The standard InChI is InChI=1S/C13H17N3O5/c1-13(2,14)7-12(17)15-8-5-10-11(21-4-3-20-10)6-9(8)16(18)19/h5-6H,3-4,7,14H2,1-2H3,(H,15,17). The van der Waals surface area contributed by atoms with E-state index in [1.54, 1.807) is 13.8 Å². The second-order valence-electron chi connectivity index (χ2n) is 5.48. The molecule has 0 unspecified atom stereocenters. The average molecular weight is 295 g/mol. The number of carbonyl (C=O) groups is 1. The predicted octanol–water partition coefficient (Wildman–Crippen LogP) is 1.43. The van der Waals surface area contributed by atoms with Crippen molar-refractivity contribution in [3.63, 3.8) is 0 Å². The molecule has 2 rings (SSSR count). The van der Waals surface area contributed by atoms with E-state index in [4.69, 9.17) is 15.2 Å². The Kier molecular flexibility index (Phi) is 3.99. The summed E-state index contributed by atoms with van der Waals surface area (Å²) in [7, 11) is 0. The number of nitro groups is 1. The first-order valence-electron chi connectivity index (χ1n) is 6.43.